The average molecular weight is 524 g/mol. The highest BCUT2D eigenvalue weighted by Crippen LogP contribution is 2.60. The van der Waals surface area contributed by atoms with Crippen LogP contribution in [0.4, 0.5) is 13.2 Å². The lowest BCUT2D eigenvalue weighted by atomic mass is 10.0. The fourth-order valence-electron chi connectivity index (χ4n) is 4.85. The number of rotatable bonds is 6. The highest BCUT2D eigenvalue weighted by molar-refractivity contribution is 7.89. The van der Waals surface area contributed by atoms with E-state index in [2.05, 4.69) is 5.32 Å². The first kappa shape index (κ1) is 26.2. The van der Waals surface area contributed by atoms with Gasteiger partial charge in [-0.2, -0.15) is 13.2 Å². The Morgan fingerprint density at radius 1 is 1.14 bits per heavy atom. The second kappa shape index (κ2) is 8.88. The summed E-state index contributed by atoms with van der Waals surface area (Å²) in [5.74, 6) is -0.879. The number of nitrogens with one attached hydrogen (secondary N) is 1. The molecule has 7 nitrogen and oxygen atoms in total. The number of amides is 2. The molecule has 4 atom stereocenters. The van der Waals surface area contributed by atoms with E-state index in [1.165, 1.54) is 55.4 Å². The van der Waals surface area contributed by atoms with Crippen molar-refractivity contribution < 1.29 is 31.2 Å². The van der Waals surface area contributed by atoms with Gasteiger partial charge in [0.05, 0.1) is 16.5 Å². The van der Waals surface area contributed by atoms with Crippen molar-refractivity contribution in [1.29, 1.82) is 0 Å². The highest BCUT2D eigenvalue weighted by Gasteiger charge is 2.65. The lowest BCUT2D eigenvalue weighted by molar-refractivity contribution is -0.137. The second-order valence-corrected chi connectivity index (χ2v) is 12.2. The number of fused-ring (bicyclic) bond motifs is 1. The van der Waals surface area contributed by atoms with Gasteiger partial charge in [-0.25, -0.2) is 12.7 Å². The van der Waals surface area contributed by atoms with Gasteiger partial charge in [0.25, 0.3) is 5.91 Å². The first-order valence-corrected chi connectivity index (χ1v) is 12.9. The minimum absolute atomic E-state index is 0.0224. The number of halogens is 3. The van der Waals surface area contributed by atoms with E-state index in [9.17, 15) is 31.2 Å². The average Bonchev–Trinajstić information content (AvgIpc) is 3.37. The molecule has 2 amide bonds. The number of alkyl halides is 3. The maximum Gasteiger partial charge on any atom is 0.416 e. The van der Waals surface area contributed by atoms with Crippen LogP contribution in [0.5, 0.6) is 0 Å². The quantitative estimate of drug-likeness (QED) is 0.626. The second-order valence-electron chi connectivity index (χ2n) is 10.0. The van der Waals surface area contributed by atoms with E-state index in [4.69, 9.17) is 0 Å². The third-order valence-electron chi connectivity index (χ3n) is 7.16. The number of hydrogen-bond donors (Lipinski definition) is 1. The summed E-state index contributed by atoms with van der Waals surface area (Å²) >= 11 is 0. The first-order chi connectivity index (χ1) is 16.6. The van der Waals surface area contributed by atoms with Crippen LogP contribution in [-0.2, 0) is 21.0 Å². The Labute approximate surface area is 208 Å². The van der Waals surface area contributed by atoms with Gasteiger partial charge in [-0.05, 0) is 60.6 Å². The van der Waals surface area contributed by atoms with Crippen LogP contribution in [0.2, 0.25) is 0 Å². The van der Waals surface area contributed by atoms with Gasteiger partial charge in [0.2, 0.25) is 15.9 Å². The van der Waals surface area contributed by atoms with Crippen LogP contribution in [-0.4, -0.2) is 56.1 Å². The smallest absolute Gasteiger partial charge is 0.348 e. The fraction of sp³-hybridized carbons (Fsp3) is 0.440. The van der Waals surface area contributed by atoms with Crippen LogP contribution in [0.25, 0.3) is 0 Å². The van der Waals surface area contributed by atoms with Gasteiger partial charge in [0, 0.05) is 26.2 Å². The molecule has 2 aromatic rings. The Hall–Kier alpha value is -2.92. The van der Waals surface area contributed by atoms with Crippen molar-refractivity contribution in [3.8, 4) is 0 Å². The molecule has 0 bridgehead atoms. The molecule has 0 aromatic heterocycles. The minimum atomic E-state index is -4.45. The van der Waals surface area contributed by atoms with Crippen molar-refractivity contribution in [2.75, 3.05) is 20.6 Å². The number of piperidine rings is 1. The van der Waals surface area contributed by atoms with E-state index in [0.717, 1.165) is 22.9 Å². The van der Waals surface area contributed by atoms with Gasteiger partial charge in [0.15, 0.2) is 0 Å². The third-order valence-corrected chi connectivity index (χ3v) is 8.97. The monoisotopic (exact) mass is 523 g/mol. The maximum absolute atomic E-state index is 13.4. The van der Waals surface area contributed by atoms with Crippen LogP contribution in [0, 0.1) is 11.3 Å². The molecule has 194 valence electrons. The molecule has 1 N–H and O–H groups in total. The fourth-order valence-corrected chi connectivity index (χ4v) is 5.80. The predicted octanol–water partition coefficient (Wildman–Crippen LogP) is 3.68. The van der Waals surface area contributed by atoms with Gasteiger partial charge in [0.1, 0.15) is 6.04 Å². The molecule has 1 aliphatic carbocycles. The number of benzene rings is 2. The normalized spacial score (nSPS) is 24.4. The molecule has 1 heterocycles. The molecule has 36 heavy (non-hydrogen) atoms. The zero-order valence-electron chi connectivity index (χ0n) is 20.3. The van der Waals surface area contributed by atoms with Gasteiger partial charge in [-0.15, -0.1) is 0 Å². The summed E-state index contributed by atoms with van der Waals surface area (Å²) in [5.41, 5.74) is -0.309. The van der Waals surface area contributed by atoms with E-state index < -0.39 is 39.8 Å². The van der Waals surface area contributed by atoms with Crippen molar-refractivity contribution >= 4 is 21.8 Å². The zero-order valence-corrected chi connectivity index (χ0v) is 21.2. The molecule has 11 heteroatoms. The summed E-state index contributed by atoms with van der Waals surface area (Å²) in [7, 11) is -0.947. The molecule has 2 aliphatic rings. The van der Waals surface area contributed by atoms with Gasteiger partial charge < -0.3 is 10.2 Å². The standard InChI is InChI=1S/C25H28F3N3O4S/c1-15(16-8-10-18(11-9-16)25(26,27)28)29-22(32)21-20-13-24(20,2)14-31(21)23(33)17-6-5-7-19(12-17)36(34,35)30(3)4/h5-12,15,20-21H,13-14H2,1-4H3,(H,29,32)/t15-,20+,21-,24?/m1/s1. The van der Waals surface area contributed by atoms with E-state index in [1.807, 2.05) is 6.92 Å². The number of hydrogen-bond acceptors (Lipinski definition) is 4. The number of sulfonamides is 1. The molecule has 1 saturated carbocycles. The Morgan fingerprint density at radius 2 is 1.78 bits per heavy atom. The van der Waals surface area contributed by atoms with Crippen molar-refractivity contribution in [3.05, 3.63) is 65.2 Å². The highest BCUT2D eigenvalue weighted by atomic mass is 32.2. The van der Waals surface area contributed by atoms with Crippen LogP contribution < -0.4 is 5.32 Å². The molecule has 4 rings (SSSR count). The lowest BCUT2D eigenvalue weighted by Gasteiger charge is -2.28. The summed E-state index contributed by atoms with van der Waals surface area (Å²) < 4.78 is 64.7. The molecular weight excluding hydrogens is 495 g/mol. The summed E-state index contributed by atoms with van der Waals surface area (Å²) in [5, 5.41) is 2.84. The Bertz CT molecular complexity index is 1290. The van der Waals surface area contributed by atoms with E-state index in [0.29, 0.717) is 12.1 Å². The summed E-state index contributed by atoms with van der Waals surface area (Å²) in [6.45, 7) is 4.02. The Kier molecular flexibility index (Phi) is 6.45. The van der Waals surface area contributed by atoms with Crippen LogP contribution in [0.15, 0.2) is 53.4 Å². The largest absolute Gasteiger partial charge is 0.416 e. The molecule has 1 unspecified atom stereocenters. The van der Waals surface area contributed by atoms with Crippen LogP contribution >= 0.6 is 0 Å². The topological polar surface area (TPSA) is 86.8 Å². The molecule has 0 spiro atoms. The summed E-state index contributed by atoms with van der Waals surface area (Å²) in [6, 6.07) is 8.98. The Balaban J connectivity index is 1.54. The molecule has 0 radical (unpaired) electrons. The predicted molar refractivity (Wildman–Crippen MR) is 126 cm³/mol. The van der Waals surface area contributed by atoms with Gasteiger partial charge in [-0.1, -0.05) is 25.1 Å². The SMILES string of the molecule is C[C@@H](NC(=O)[C@H]1[C@@H]2CC2(C)CN1C(=O)c1cccc(S(=O)(=O)N(C)C)c1)c1ccc(C(F)(F)F)cc1. The first-order valence-electron chi connectivity index (χ1n) is 11.5. The maximum atomic E-state index is 13.4. The number of carbonyl (C=O) groups excluding carboxylic acids is 2. The summed E-state index contributed by atoms with van der Waals surface area (Å²) in [4.78, 5) is 28.2. The van der Waals surface area contributed by atoms with E-state index in [1.54, 1.807) is 6.92 Å². The van der Waals surface area contributed by atoms with Crippen molar-refractivity contribution in [2.45, 2.75) is 43.4 Å². The molecule has 2 aromatic carbocycles. The van der Waals surface area contributed by atoms with Gasteiger partial charge in [-0.3, -0.25) is 9.59 Å². The van der Waals surface area contributed by atoms with Crippen LogP contribution in [0.1, 0.15) is 47.8 Å². The molecule has 1 saturated heterocycles. The lowest BCUT2D eigenvalue weighted by Crippen LogP contribution is -2.49. The van der Waals surface area contributed by atoms with Crippen molar-refractivity contribution in [3.63, 3.8) is 0 Å². The molecule has 1 aliphatic heterocycles. The third kappa shape index (κ3) is 4.73. The van der Waals surface area contributed by atoms with E-state index in [-0.39, 0.29) is 27.7 Å². The van der Waals surface area contributed by atoms with Crippen molar-refractivity contribution in [1.82, 2.24) is 14.5 Å². The van der Waals surface area contributed by atoms with E-state index >= 15 is 0 Å². The number of carbonyl (C=O) groups is 2. The zero-order chi connectivity index (χ0) is 26.6. The Morgan fingerprint density at radius 3 is 2.36 bits per heavy atom. The number of nitrogens with zero attached hydrogens (tertiary/aromatic N) is 2. The van der Waals surface area contributed by atoms with Crippen LogP contribution in [0.3, 0.4) is 0 Å². The van der Waals surface area contributed by atoms with Crippen molar-refractivity contribution in [2.24, 2.45) is 11.3 Å². The number of likely N-dealkylation sites (tertiary alicyclic amines) is 1. The minimum Gasteiger partial charge on any atom is -0.348 e. The molecular formula is C25H28F3N3O4S. The molecule has 2 fully saturated rings. The van der Waals surface area contributed by atoms with Gasteiger partial charge >= 0.3 is 6.18 Å². The summed E-state index contributed by atoms with van der Waals surface area (Å²) in [6.07, 6.45) is -3.67.